The zero-order chi connectivity index (χ0) is 26.7. The molecule has 0 fully saturated rings. The van der Waals surface area contributed by atoms with E-state index < -0.39 is 23.7 Å². The fraction of sp³-hybridized carbons (Fsp3) is 0.250. The molecule has 0 spiro atoms. The molecule has 1 atom stereocenters. The van der Waals surface area contributed by atoms with Crippen molar-refractivity contribution in [2.45, 2.75) is 33.0 Å². The van der Waals surface area contributed by atoms with Crippen molar-refractivity contribution in [1.29, 1.82) is 0 Å². The molecular weight excluding hydrogens is 483 g/mol. The average Bonchev–Trinajstić information content (AvgIpc) is 2.89. The molecule has 192 valence electrons. The Morgan fingerprint density at radius 3 is 2.38 bits per heavy atom. The second-order valence-electron chi connectivity index (χ2n) is 8.40. The van der Waals surface area contributed by atoms with Gasteiger partial charge >= 0.3 is 6.18 Å². The van der Waals surface area contributed by atoms with E-state index in [4.69, 9.17) is 9.72 Å². The van der Waals surface area contributed by atoms with Crippen molar-refractivity contribution in [2.75, 3.05) is 13.2 Å². The van der Waals surface area contributed by atoms with Gasteiger partial charge in [-0.25, -0.2) is 4.98 Å². The smallest absolute Gasteiger partial charge is 0.416 e. The third-order valence-corrected chi connectivity index (χ3v) is 6.09. The third kappa shape index (κ3) is 5.21. The summed E-state index contributed by atoms with van der Waals surface area (Å²) in [6.45, 7) is 5.97. The maximum absolute atomic E-state index is 13.6. The van der Waals surface area contributed by atoms with E-state index in [0.717, 1.165) is 12.1 Å². The Labute approximate surface area is 211 Å². The van der Waals surface area contributed by atoms with Crippen LogP contribution in [0.4, 0.5) is 13.2 Å². The predicted octanol–water partition coefficient (Wildman–Crippen LogP) is 6.03. The Morgan fingerprint density at radius 2 is 1.73 bits per heavy atom. The summed E-state index contributed by atoms with van der Waals surface area (Å²) in [6, 6.07) is 17.4. The first-order chi connectivity index (χ1) is 17.7. The number of fused-ring (bicyclic) bond motifs is 1. The number of benzene rings is 3. The van der Waals surface area contributed by atoms with Crippen molar-refractivity contribution in [3.8, 4) is 11.4 Å². The van der Waals surface area contributed by atoms with Crippen molar-refractivity contribution < 1.29 is 22.7 Å². The number of hydrogen-bond acceptors (Lipinski definition) is 4. The largest absolute Gasteiger partial charge is 0.494 e. The number of carbonyl (C=O) groups excluding carboxylic acids is 1. The van der Waals surface area contributed by atoms with Gasteiger partial charge in [-0.15, -0.1) is 0 Å². The fourth-order valence-corrected chi connectivity index (χ4v) is 4.26. The average molecular weight is 510 g/mol. The van der Waals surface area contributed by atoms with Gasteiger partial charge in [-0.2, -0.15) is 13.2 Å². The van der Waals surface area contributed by atoms with E-state index in [1.165, 1.54) is 21.6 Å². The zero-order valence-electron chi connectivity index (χ0n) is 20.6. The standard InChI is InChI=1S/C28H26F3N3O3/c1-4-33(26(35)19-9-8-10-20(17-19)28(29,30)31)18(3)25-32-24-12-7-6-11-23(24)27(36)34(25)21-13-15-22(16-14-21)37-5-2/h6-18H,4-5H2,1-3H3. The number of hydrogen-bond donors (Lipinski definition) is 0. The van der Waals surface area contributed by atoms with E-state index in [1.807, 2.05) is 6.92 Å². The lowest BCUT2D eigenvalue weighted by Crippen LogP contribution is -2.37. The van der Waals surface area contributed by atoms with Crippen LogP contribution in [0.3, 0.4) is 0 Å². The summed E-state index contributed by atoms with van der Waals surface area (Å²) in [6.07, 6.45) is -4.58. The highest BCUT2D eigenvalue weighted by Gasteiger charge is 2.32. The third-order valence-electron chi connectivity index (χ3n) is 6.09. The minimum atomic E-state index is -4.58. The van der Waals surface area contributed by atoms with Gasteiger partial charge in [0.1, 0.15) is 11.6 Å². The molecular formula is C28H26F3N3O3. The number of ether oxygens (including phenoxy) is 1. The second kappa shape index (κ2) is 10.5. The first-order valence-electron chi connectivity index (χ1n) is 11.9. The molecule has 0 bridgehead atoms. The molecule has 37 heavy (non-hydrogen) atoms. The van der Waals surface area contributed by atoms with Crippen LogP contribution in [0.25, 0.3) is 16.6 Å². The lowest BCUT2D eigenvalue weighted by molar-refractivity contribution is -0.137. The molecule has 0 aliphatic rings. The summed E-state index contributed by atoms with van der Waals surface area (Å²) >= 11 is 0. The number of carbonyl (C=O) groups is 1. The molecule has 1 heterocycles. The van der Waals surface area contributed by atoms with E-state index in [-0.39, 0.29) is 23.5 Å². The van der Waals surface area contributed by atoms with Gasteiger partial charge < -0.3 is 9.64 Å². The van der Waals surface area contributed by atoms with Gasteiger partial charge in [-0.3, -0.25) is 14.2 Å². The SMILES string of the molecule is CCOc1ccc(-n2c(C(C)N(CC)C(=O)c3cccc(C(F)(F)F)c3)nc3ccccc3c2=O)cc1. The highest BCUT2D eigenvalue weighted by molar-refractivity contribution is 5.94. The van der Waals surface area contributed by atoms with Gasteiger partial charge in [0.25, 0.3) is 11.5 Å². The number of amides is 1. The van der Waals surface area contributed by atoms with Crippen LogP contribution in [0.2, 0.25) is 0 Å². The first kappa shape index (κ1) is 25.9. The lowest BCUT2D eigenvalue weighted by Gasteiger charge is -2.30. The molecule has 0 radical (unpaired) electrons. The van der Waals surface area contributed by atoms with E-state index >= 15 is 0 Å². The van der Waals surface area contributed by atoms with Crippen LogP contribution < -0.4 is 10.3 Å². The van der Waals surface area contributed by atoms with Crippen LogP contribution in [0.5, 0.6) is 5.75 Å². The van der Waals surface area contributed by atoms with Crippen LogP contribution >= 0.6 is 0 Å². The van der Waals surface area contributed by atoms with Gasteiger partial charge in [0, 0.05) is 12.1 Å². The quantitative estimate of drug-likeness (QED) is 0.305. The normalized spacial score (nSPS) is 12.4. The Kier molecular flexibility index (Phi) is 7.33. The molecule has 0 aliphatic heterocycles. The highest BCUT2D eigenvalue weighted by atomic mass is 19.4. The van der Waals surface area contributed by atoms with Gasteiger partial charge in [0.05, 0.1) is 34.8 Å². The maximum Gasteiger partial charge on any atom is 0.416 e. The summed E-state index contributed by atoms with van der Waals surface area (Å²) in [5.41, 5.74) is -0.342. The molecule has 1 amide bonds. The Hall–Kier alpha value is -4.14. The van der Waals surface area contributed by atoms with Crippen LogP contribution in [0.15, 0.2) is 77.6 Å². The maximum atomic E-state index is 13.6. The predicted molar refractivity (Wildman–Crippen MR) is 135 cm³/mol. The van der Waals surface area contributed by atoms with Crippen molar-refractivity contribution in [2.24, 2.45) is 0 Å². The summed E-state index contributed by atoms with van der Waals surface area (Å²) in [4.78, 5) is 33.2. The van der Waals surface area contributed by atoms with Crippen molar-refractivity contribution in [3.05, 3.63) is 100 Å². The summed E-state index contributed by atoms with van der Waals surface area (Å²) in [7, 11) is 0. The summed E-state index contributed by atoms with van der Waals surface area (Å²) in [5, 5.41) is 0.402. The van der Waals surface area contributed by atoms with E-state index in [2.05, 4.69) is 0 Å². The number of aromatic nitrogens is 2. The van der Waals surface area contributed by atoms with Crippen molar-refractivity contribution >= 4 is 16.8 Å². The fourth-order valence-electron chi connectivity index (χ4n) is 4.26. The molecule has 0 saturated heterocycles. The zero-order valence-corrected chi connectivity index (χ0v) is 20.6. The molecule has 4 aromatic rings. The van der Waals surface area contributed by atoms with Crippen molar-refractivity contribution in [3.63, 3.8) is 0 Å². The second-order valence-corrected chi connectivity index (χ2v) is 8.40. The van der Waals surface area contributed by atoms with Crippen LogP contribution in [0.1, 0.15) is 48.6 Å². The molecule has 0 N–H and O–H groups in total. The molecule has 9 heteroatoms. The number of nitrogens with zero attached hydrogens (tertiary/aromatic N) is 3. The van der Waals surface area contributed by atoms with Gasteiger partial charge in [-0.1, -0.05) is 18.2 Å². The minimum absolute atomic E-state index is 0.0979. The molecule has 1 aromatic heterocycles. The van der Waals surface area contributed by atoms with E-state index in [0.29, 0.717) is 28.9 Å². The van der Waals surface area contributed by atoms with Gasteiger partial charge in [0.2, 0.25) is 0 Å². The Morgan fingerprint density at radius 1 is 1.03 bits per heavy atom. The highest BCUT2D eigenvalue weighted by Crippen LogP contribution is 2.31. The topological polar surface area (TPSA) is 64.4 Å². The van der Waals surface area contributed by atoms with E-state index in [1.54, 1.807) is 62.4 Å². The Balaban J connectivity index is 1.84. The molecule has 1 unspecified atom stereocenters. The minimum Gasteiger partial charge on any atom is -0.494 e. The monoisotopic (exact) mass is 509 g/mol. The van der Waals surface area contributed by atoms with Gasteiger partial charge in [-0.05, 0) is 75.4 Å². The number of alkyl halides is 3. The van der Waals surface area contributed by atoms with Crippen LogP contribution in [-0.2, 0) is 6.18 Å². The Bertz CT molecular complexity index is 1480. The molecule has 0 aliphatic carbocycles. The van der Waals surface area contributed by atoms with Crippen LogP contribution in [-0.4, -0.2) is 33.5 Å². The molecule has 4 rings (SSSR count). The van der Waals surface area contributed by atoms with Gasteiger partial charge in [0.15, 0.2) is 0 Å². The van der Waals surface area contributed by atoms with Crippen molar-refractivity contribution in [1.82, 2.24) is 14.5 Å². The number of rotatable bonds is 7. The number of para-hydroxylation sites is 1. The molecule has 0 saturated carbocycles. The molecule has 3 aromatic carbocycles. The summed E-state index contributed by atoms with van der Waals surface area (Å²) in [5.74, 6) is 0.328. The van der Waals surface area contributed by atoms with Crippen LogP contribution in [0, 0.1) is 0 Å². The lowest BCUT2D eigenvalue weighted by atomic mass is 10.1. The first-order valence-corrected chi connectivity index (χ1v) is 11.9. The molecule has 6 nitrogen and oxygen atoms in total. The summed E-state index contributed by atoms with van der Waals surface area (Å²) < 4.78 is 46.7. The van der Waals surface area contributed by atoms with E-state index in [9.17, 15) is 22.8 Å². The number of halogens is 3.